The van der Waals surface area contributed by atoms with Crippen LogP contribution in [-0.4, -0.2) is 35.5 Å². The highest BCUT2D eigenvalue weighted by atomic mass is 16.6. The Morgan fingerprint density at radius 3 is 2.64 bits per heavy atom. The molecule has 0 amide bonds. The van der Waals surface area contributed by atoms with E-state index in [0.717, 1.165) is 13.1 Å². The Labute approximate surface area is 130 Å². The number of likely N-dealkylation sites (tertiary alicyclic amines) is 1. The van der Waals surface area contributed by atoms with Gasteiger partial charge in [0.15, 0.2) is 0 Å². The van der Waals surface area contributed by atoms with E-state index in [1.54, 1.807) is 6.07 Å². The van der Waals surface area contributed by atoms with E-state index in [2.05, 4.69) is 24.1 Å². The van der Waals surface area contributed by atoms with Crippen LogP contribution in [-0.2, 0) is 0 Å². The van der Waals surface area contributed by atoms with Crippen LogP contribution < -0.4 is 5.32 Å². The lowest BCUT2D eigenvalue weighted by Crippen LogP contribution is -2.41. The lowest BCUT2D eigenvalue weighted by Gasteiger charge is -2.31. The fraction of sp³-hybridized carbons (Fsp3) is 0.562. The molecule has 2 rings (SSSR count). The molecule has 0 saturated carbocycles. The maximum Gasteiger partial charge on any atom is 0.292 e. The van der Waals surface area contributed by atoms with Crippen molar-refractivity contribution < 1.29 is 4.92 Å². The molecule has 1 heterocycles. The summed E-state index contributed by atoms with van der Waals surface area (Å²) in [5, 5.41) is 23.3. The van der Waals surface area contributed by atoms with Gasteiger partial charge in [-0.05, 0) is 44.0 Å². The van der Waals surface area contributed by atoms with Crippen LogP contribution in [0.4, 0.5) is 11.4 Å². The number of nitro groups is 1. The maximum atomic E-state index is 11.1. The largest absolute Gasteiger partial charge is 0.378 e. The van der Waals surface area contributed by atoms with Crippen LogP contribution in [0.3, 0.4) is 0 Å². The molecule has 1 aliphatic rings. The second kappa shape index (κ2) is 7.23. The van der Waals surface area contributed by atoms with Crippen LogP contribution in [0.1, 0.15) is 32.3 Å². The van der Waals surface area contributed by atoms with Gasteiger partial charge in [0, 0.05) is 18.7 Å². The summed E-state index contributed by atoms with van der Waals surface area (Å²) < 4.78 is 0. The first-order chi connectivity index (χ1) is 10.5. The van der Waals surface area contributed by atoms with Gasteiger partial charge in [-0.15, -0.1) is 0 Å². The zero-order valence-electron chi connectivity index (χ0n) is 13.1. The average molecular weight is 302 g/mol. The number of nitro benzene ring substituents is 1. The summed E-state index contributed by atoms with van der Waals surface area (Å²) in [5.74, 6) is 0.462. The first kappa shape index (κ1) is 16.2. The van der Waals surface area contributed by atoms with E-state index in [9.17, 15) is 10.1 Å². The highest BCUT2D eigenvalue weighted by Gasteiger charge is 2.25. The van der Waals surface area contributed by atoms with Gasteiger partial charge in [-0.3, -0.25) is 15.0 Å². The molecule has 0 spiro atoms. The van der Waals surface area contributed by atoms with Crippen molar-refractivity contribution in [1.82, 2.24) is 4.90 Å². The minimum absolute atomic E-state index is 0.0166. The van der Waals surface area contributed by atoms with Gasteiger partial charge in [0.05, 0.1) is 16.6 Å². The van der Waals surface area contributed by atoms with E-state index in [4.69, 9.17) is 5.26 Å². The molecular weight excluding hydrogens is 280 g/mol. The minimum Gasteiger partial charge on any atom is -0.378 e. The third-order valence-electron chi connectivity index (χ3n) is 4.20. The molecule has 0 aliphatic carbocycles. The lowest BCUT2D eigenvalue weighted by molar-refractivity contribution is -0.384. The monoisotopic (exact) mass is 302 g/mol. The molecule has 0 radical (unpaired) electrons. The number of nitrogens with one attached hydrogen (secondary N) is 1. The average Bonchev–Trinajstić information content (AvgIpc) is 3.00. The Morgan fingerprint density at radius 2 is 2.09 bits per heavy atom. The predicted octanol–water partition coefficient (Wildman–Crippen LogP) is 3.00. The van der Waals surface area contributed by atoms with Gasteiger partial charge < -0.3 is 5.32 Å². The molecule has 1 unspecified atom stereocenters. The van der Waals surface area contributed by atoms with Crippen LogP contribution in [0.15, 0.2) is 18.2 Å². The second-order valence-electron chi connectivity index (χ2n) is 6.04. The molecule has 1 aromatic rings. The van der Waals surface area contributed by atoms with Crippen molar-refractivity contribution in [3.63, 3.8) is 0 Å². The van der Waals surface area contributed by atoms with Gasteiger partial charge in [-0.1, -0.05) is 13.8 Å². The molecule has 1 N–H and O–H groups in total. The van der Waals surface area contributed by atoms with E-state index in [0.29, 0.717) is 29.8 Å². The fourth-order valence-corrected chi connectivity index (χ4v) is 2.98. The van der Waals surface area contributed by atoms with E-state index in [-0.39, 0.29) is 5.69 Å². The predicted molar refractivity (Wildman–Crippen MR) is 85.7 cm³/mol. The Kier molecular flexibility index (Phi) is 5.34. The molecule has 1 atom stereocenters. The van der Waals surface area contributed by atoms with Crippen molar-refractivity contribution >= 4 is 11.4 Å². The van der Waals surface area contributed by atoms with Crippen molar-refractivity contribution in [2.75, 3.05) is 25.0 Å². The number of nitriles is 1. The number of benzene rings is 1. The molecular formula is C16H22N4O2. The highest BCUT2D eigenvalue weighted by molar-refractivity contribution is 5.64. The number of nitrogens with zero attached hydrogens (tertiary/aromatic N) is 3. The highest BCUT2D eigenvalue weighted by Crippen LogP contribution is 2.26. The van der Waals surface area contributed by atoms with Crippen molar-refractivity contribution in [3.05, 3.63) is 33.9 Å². The van der Waals surface area contributed by atoms with E-state index < -0.39 is 4.92 Å². The second-order valence-corrected chi connectivity index (χ2v) is 6.04. The van der Waals surface area contributed by atoms with Crippen LogP contribution in [0, 0.1) is 27.4 Å². The standard InChI is InChI=1S/C16H22N4O2/c1-12(2)16(19-7-3-4-8-19)11-18-14-9-13(10-17)5-6-15(14)20(21)22/h5-6,9,12,16,18H,3-4,7-8,11H2,1-2H3. The first-order valence-electron chi connectivity index (χ1n) is 7.69. The van der Waals surface area contributed by atoms with Gasteiger partial charge in [-0.25, -0.2) is 0 Å². The maximum absolute atomic E-state index is 11.1. The summed E-state index contributed by atoms with van der Waals surface area (Å²) in [4.78, 5) is 13.2. The van der Waals surface area contributed by atoms with E-state index >= 15 is 0 Å². The molecule has 1 aliphatic heterocycles. The van der Waals surface area contributed by atoms with Crippen LogP contribution >= 0.6 is 0 Å². The third-order valence-corrected chi connectivity index (χ3v) is 4.20. The summed E-state index contributed by atoms with van der Waals surface area (Å²) in [5.41, 5.74) is 0.868. The van der Waals surface area contributed by atoms with Gasteiger partial charge in [-0.2, -0.15) is 5.26 Å². The Balaban J connectivity index is 2.14. The topological polar surface area (TPSA) is 82.2 Å². The fourth-order valence-electron chi connectivity index (χ4n) is 2.98. The van der Waals surface area contributed by atoms with Gasteiger partial charge in [0.1, 0.15) is 5.69 Å². The summed E-state index contributed by atoms with van der Waals surface area (Å²) in [6.45, 7) is 7.17. The van der Waals surface area contributed by atoms with Gasteiger partial charge in [0.2, 0.25) is 0 Å². The van der Waals surface area contributed by atoms with Crippen LogP contribution in [0.2, 0.25) is 0 Å². The van der Waals surface area contributed by atoms with Crippen LogP contribution in [0.25, 0.3) is 0 Å². The first-order valence-corrected chi connectivity index (χ1v) is 7.69. The van der Waals surface area contributed by atoms with Crippen molar-refractivity contribution in [1.29, 1.82) is 5.26 Å². The Hall–Kier alpha value is -2.13. The molecule has 0 aromatic heterocycles. The summed E-state index contributed by atoms with van der Waals surface area (Å²) in [7, 11) is 0. The lowest BCUT2D eigenvalue weighted by atomic mass is 10.0. The Bertz CT molecular complexity index is 574. The zero-order chi connectivity index (χ0) is 16.1. The summed E-state index contributed by atoms with van der Waals surface area (Å²) >= 11 is 0. The number of anilines is 1. The molecule has 6 heteroatoms. The molecule has 0 bridgehead atoms. The van der Waals surface area contributed by atoms with Crippen molar-refractivity contribution in [2.45, 2.75) is 32.7 Å². The van der Waals surface area contributed by atoms with Crippen molar-refractivity contribution in [2.24, 2.45) is 5.92 Å². The number of hydrogen-bond donors (Lipinski definition) is 1. The SMILES string of the molecule is CC(C)C(CNc1cc(C#N)ccc1[N+](=O)[O-])N1CCCC1. The zero-order valence-corrected chi connectivity index (χ0v) is 13.1. The Morgan fingerprint density at radius 1 is 1.41 bits per heavy atom. The van der Waals surface area contributed by atoms with E-state index in [1.807, 2.05) is 6.07 Å². The molecule has 1 fully saturated rings. The summed E-state index contributed by atoms with van der Waals surface area (Å²) in [6, 6.07) is 6.79. The molecule has 1 saturated heterocycles. The van der Waals surface area contributed by atoms with Crippen molar-refractivity contribution in [3.8, 4) is 6.07 Å². The number of rotatable bonds is 6. The minimum atomic E-state index is -0.413. The van der Waals surface area contributed by atoms with Gasteiger partial charge in [0.25, 0.3) is 5.69 Å². The van der Waals surface area contributed by atoms with E-state index in [1.165, 1.54) is 25.0 Å². The normalized spacial score (nSPS) is 16.5. The van der Waals surface area contributed by atoms with Crippen LogP contribution in [0.5, 0.6) is 0 Å². The van der Waals surface area contributed by atoms with Gasteiger partial charge >= 0.3 is 0 Å². The smallest absolute Gasteiger partial charge is 0.292 e. The quantitative estimate of drug-likeness (QED) is 0.645. The molecule has 22 heavy (non-hydrogen) atoms. The third kappa shape index (κ3) is 3.74. The summed E-state index contributed by atoms with van der Waals surface area (Å²) in [6.07, 6.45) is 2.43. The number of hydrogen-bond acceptors (Lipinski definition) is 5. The molecule has 1 aromatic carbocycles. The molecule has 6 nitrogen and oxygen atoms in total. The molecule has 118 valence electrons.